The van der Waals surface area contributed by atoms with Crippen LogP contribution in [-0.2, 0) is 4.79 Å². The van der Waals surface area contributed by atoms with Crippen molar-refractivity contribution >= 4 is 34.9 Å². The van der Waals surface area contributed by atoms with E-state index < -0.39 is 11.8 Å². The summed E-state index contributed by atoms with van der Waals surface area (Å²) >= 11 is 0.852. The Balaban J connectivity index is 1.39. The Hall–Kier alpha value is -3.27. The van der Waals surface area contributed by atoms with Crippen LogP contribution in [0.25, 0.3) is 6.08 Å². The number of carbonyl (C=O) groups excluding carboxylic acids is 3. The second kappa shape index (κ2) is 7.16. The Bertz CT molecular complexity index is 940. The molecule has 2 aliphatic rings. The molecule has 1 N–H and O–H groups in total. The molecule has 4 rings (SSSR count). The summed E-state index contributed by atoms with van der Waals surface area (Å²) in [4.78, 5) is 37.8. The third kappa shape index (κ3) is 3.51. The molecule has 138 valence electrons. The third-order valence-corrected chi connectivity index (χ3v) is 4.76. The molecule has 0 spiro atoms. The molecule has 27 heavy (non-hydrogen) atoms. The second-order valence-corrected chi connectivity index (χ2v) is 6.57. The Morgan fingerprint density at radius 3 is 2.93 bits per heavy atom. The minimum absolute atomic E-state index is 0.0586. The maximum atomic E-state index is 12.5. The molecule has 1 aromatic carbocycles. The molecule has 9 nitrogen and oxygen atoms in total. The van der Waals surface area contributed by atoms with E-state index in [9.17, 15) is 14.4 Å². The fraction of sp³-hybridized carbons (Fsp3) is 0.176. The van der Waals surface area contributed by atoms with Crippen LogP contribution in [0.5, 0.6) is 11.5 Å². The van der Waals surface area contributed by atoms with Crippen molar-refractivity contribution in [3.8, 4) is 11.5 Å². The molecule has 1 fully saturated rings. The average Bonchev–Trinajstić information content (AvgIpc) is 3.38. The van der Waals surface area contributed by atoms with Crippen LogP contribution in [0.4, 0.5) is 4.79 Å². The van der Waals surface area contributed by atoms with E-state index in [0.717, 1.165) is 22.2 Å². The van der Waals surface area contributed by atoms with E-state index in [4.69, 9.17) is 14.0 Å². The topological polar surface area (TPSA) is 111 Å². The molecule has 0 aliphatic carbocycles. The van der Waals surface area contributed by atoms with Crippen LogP contribution >= 0.6 is 11.8 Å². The molecular weight excluding hydrogens is 374 g/mol. The van der Waals surface area contributed by atoms with E-state index in [0.29, 0.717) is 16.4 Å². The normalized spacial score (nSPS) is 17.0. The number of ether oxygens (including phenoxy) is 2. The lowest BCUT2D eigenvalue weighted by atomic mass is 10.2. The van der Waals surface area contributed by atoms with E-state index >= 15 is 0 Å². The van der Waals surface area contributed by atoms with E-state index in [1.165, 1.54) is 12.3 Å². The second-order valence-electron chi connectivity index (χ2n) is 5.58. The predicted molar refractivity (Wildman–Crippen MR) is 94.1 cm³/mol. The van der Waals surface area contributed by atoms with Crippen LogP contribution in [0.1, 0.15) is 16.1 Å². The summed E-state index contributed by atoms with van der Waals surface area (Å²) in [7, 11) is 0. The largest absolute Gasteiger partial charge is 0.454 e. The van der Waals surface area contributed by atoms with Crippen molar-refractivity contribution in [3.63, 3.8) is 0 Å². The summed E-state index contributed by atoms with van der Waals surface area (Å²) in [6.07, 6.45) is 2.98. The zero-order valence-corrected chi connectivity index (χ0v) is 14.7. The maximum Gasteiger partial charge on any atom is 0.293 e. The molecule has 2 aromatic rings. The Kier molecular flexibility index (Phi) is 4.55. The smallest absolute Gasteiger partial charge is 0.293 e. The van der Waals surface area contributed by atoms with E-state index in [1.807, 2.05) is 0 Å². The number of hydrogen-bond donors (Lipinski definition) is 1. The van der Waals surface area contributed by atoms with E-state index in [-0.39, 0.29) is 30.9 Å². The van der Waals surface area contributed by atoms with Gasteiger partial charge in [-0.25, -0.2) is 0 Å². The standard InChI is InChI=1S/C17H13N3O6S/c21-15(12-3-4-19-26-12)18-5-6-20-16(22)14(27-17(20)23)8-10-1-2-11-13(7-10)25-9-24-11/h1-4,7-8H,5-6,9H2,(H,18,21)/b14-8-. The van der Waals surface area contributed by atoms with Gasteiger partial charge in [-0.05, 0) is 35.5 Å². The lowest BCUT2D eigenvalue weighted by Gasteiger charge is -2.12. The van der Waals surface area contributed by atoms with Crippen LogP contribution in [0.3, 0.4) is 0 Å². The number of aromatic nitrogens is 1. The number of imide groups is 1. The molecule has 3 heterocycles. The van der Waals surface area contributed by atoms with Gasteiger partial charge in [-0.1, -0.05) is 11.2 Å². The van der Waals surface area contributed by atoms with Gasteiger partial charge >= 0.3 is 0 Å². The zero-order valence-electron chi connectivity index (χ0n) is 13.8. The van der Waals surface area contributed by atoms with Crippen LogP contribution in [0.2, 0.25) is 0 Å². The highest BCUT2D eigenvalue weighted by Gasteiger charge is 2.34. The lowest BCUT2D eigenvalue weighted by Crippen LogP contribution is -2.37. The summed E-state index contributed by atoms with van der Waals surface area (Å²) in [5.74, 6) is 0.430. The van der Waals surface area contributed by atoms with Gasteiger partial charge < -0.3 is 19.3 Å². The van der Waals surface area contributed by atoms with Gasteiger partial charge in [0.15, 0.2) is 11.5 Å². The predicted octanol–water partition coefficient (Wildman–Crippen LogP) is 1.87. The van der Waals surface area contributed by atoms with Crippen LogP contribution < -0.4 is 14.8 Å². The van der Waals surface area contributed by atoms with Gasteiger partial charge in [-0.3, -0.25) is 19.3 Å². The van der Waals surface area contributed by atoms with Crippen LogP contribution in [0.15, 0.2) is 39.9 Å². The molecule has 2 aliphatic heterocycles. The molecule has 10 heteroatoms. The van der Waals surface area contributed by atoms with Gasteiger partial charge in [0, 0.05) is 19.2 Å². The summed E-state index contributed by atoms with van der Waals surface area (Å²) in [6.45, 7) is 0.326. The molecule has 1 aromatic heterocycles. The highest BCUT2D eigenvalue weighted by Crippen LogP contribution is 2.36. The number of nitrogens with zero attached hydrogens (tertiary/aromatic N) is 2. The number of benzene rings is 1. The highest BCUT2D eigenvalue weighted by atomic mass is 32.2. The average molecular weight is 387 g/mol. The van der Waals surface area contributed by atoms with Crippen molar-refractivity contribution in [1.82, 2.24) is 15.4 Å². The fourth-order valence-corrected chi connectivity index (χ4v) is 3.41. The molecule has 3 amide bonds. The van der Waals surface area contributed by atoms with Crippen molar-refractivity contribution in [2.75, 3.05) is 19.9 Å². The minimum atomic E-state index is -0.463. The first kappa shape index (κ1) is 17.2. The van der Waals surface area contributed by atoms with Crippen LogP contribution in [0, 0.1) is 0 Å². The monoisotopic (exact) mass is 387 g/mol. The number of amides is 3. The Labute approximate surface area is 157 Å². The minimum Gasteiger partial charge on any atom is -0.454 e. The summed E-state index contributed by atoms with van der Waals surface area (Å²) < 4.78 is 15.3. The first-order chi connectivity index (χ1) is 13.1. The van der Waals surface area contributed by atoms with Gasteiger partial charge in [-0.15, -0.1) is 0 Å². The lowest BCUT2D eigenvalue weighted by molar-refractivity contribution is -0.122. The third-order valence-electron chi connectivity index (χ3n) is 3.85. The molecule has 0 bridgehead atoms. The van der Waals surface area contributed by atoms with Crippen LogP contribution in [-0.4, -0.2) is 47.0 Å². The molecule has 0 radical (unpaired) electrons. The van der Waals surface area contributed by atoms with Crippen molar-refractivity contribution < 1.29 is 28.4 Å². The Morgan fingerprint density at radius 2 is 2.11 bits per heavy atom. The molecule has 1 saturated heterocycles. The zero-order chi connectivity index (χ0) is 18.8. The van der Waals surface area contributed by atoms with Gasteiger partial charge in [0.2, 0.25) is 12.6 Å². The quantitative estimate of drug-likeness (QED) is 0.774. The summed E-state index contributed by atoms with van der Waals surface area (Å²) in [5.41, 5.74) is 0.725. The summed E-state index contributed by atoms with van der Waals surface area (Å²) in [6, 6.07) is 6.69. The number of thioether (sulfide) groups is 1. The van der Waals surface area contributed by atoms with Gasteiger partial charge in [0.25, 0.3) is 17.1 Å². The van der Waals surface area contributed by atoms with Crippen molar-refractivity contribution in [2.24, 2.45) is 0 Å². The van der Waals surface area contributed by atoms with Crippen molar-refractivity contribution in [1.29, 1.82) is 0 Å². The Morgan fingerprint density at radius 1 is 1.26 bits per heavy atom. The maximum absolute atomic E-state index is 12.5. The van der Waals surface area contributed by atoms with Gasteiger partial charge in [0.05, 0.1) is 11.1 Å². The number of nitrogens with one attached hydrogen (secondary N) is 1. The first-order valence-electron chi connectivity index (χ1n) is 7.96. The number of fused-ring (bicyclic) bond motifs is 1. The first-order valence-corrected chi connectivity index (χ1v) is 8.77. The number of carbonyl (C=O) groups is 3. The van der Waals surface area contributed by atoms with E-state index in [1.54, 1.807) is 24.3 Å². The van der Waals surface area contributed by atoms with Gasteiger partial charge in [-0.2, -0.15) is 0 Å². The molecular formula is C17H13N3O6S. The fourth-order valence-electron chi connectivity index (χ4n) is 2.55. The molecule has 0 atom stereocenters. The number of hydrogen-bond acceptors (Lipinski definition) is 8. The van der Waals surface area contributed by atoms with Crippen molar-refractivity contribution in [2.45, 2.75) is 0 Å². The summed E-state index contributed by atoms with van der Waals surface area (Å²) in [5, 5.41) is 5.62. The number of rotatable bonds is 5. The van der Waals surface area contributed by atoms with Gasteiger partial charge in [0.1, 0.15) is 0 Å². The SMILES string of the molecule is O=C(NCCN1C(=O)S/C(=C\c2ccc3c(c2)OCO3)C1=O)c1ccno1. The van der Waals surface area contributed by atoms with E-state index in [2.05, 4.69) is 10.5 Å². The molecule has 0 saturated carbocycles. The molecule has 0 unspecified atom stereocenters. The highest BCUT2D eigenvalue weighted by molar-refractivity contribution is 8.18. The van der Waals surface area contributed by atoms with Crippen molar-refractivity contribution in [3.05, 3.63) is 46.7 Å².